The normalized spacial score (nSPS) is 13.4. The second-order valence-electron chi connectivity index (χ2n) is 1.87. The summed E-state index contributed by atoms with van der Waals surface area (Å²) in [4.78, 5) is 3.96. The van der Waals surface area contributed by atoms with Crippen LogP contribution in [0.25, 0.3) is 0 Å². The minimum Gasteiger partial charge on any atom is -0.262 e. The maximum absolute atomic E-state index is 10.7. The van der Waals surface area contributed by atoms with Gasteiger partial charge in [0.15, 0.2) is 0 Å². The van der Waals surface area contributed by atoms with Crippen LogP contribution in [-0.4, -0.2) is 25.6 Å². The highest BCUT2D eigenvalue weighted by molar-refractivity contribution is 7.84. The quantitative estimate of drug-likeness (QED) is 0.666. The molecule has 0 saturated carbocycles. The van der Waals surface area contributed by atoms with E-state index in [1.807, 2.05) is 6.92 Å². The third kappa shape index (κ3) is 1.41. The van der Waals surface area contributed by atoms with Crippen LogP contribution in [0.1, 0.15) is 12.7 Å². The molecule has 56 valence electrons. The first kappa shape index (κ1) is 7.40. The lowest BCUT2D eigenvalue weighted by Crippen LogP contribution is -1.89. The molecular formula is C5H9N3OS. The number of nitrogens with one attached hydrogen (secondary N) is 1. The Kier molecular flexibility index (Phi) is 2.16. The number of nitrogens with zero attached hydrogens (tertiary/aromatic N) is 2. The fourth-order valence-electron chi connectivity index (χ4n) is 0.564. The predicted octanol–water partition coefficient (Wildman–Crippen LogP) is 0.104. The molecule has 0 bridgehead atoms. The monoisotopic (exact) mass is 159 g/mol. The van der Waals surface area contributed by atoms with Crippen LogP contribution in [0.15, 0.2) is 5.16 Å². The van der Waals surface area contributed by atoms with Crippen molar-refractivity contribution in [3.05, 3.63) is 5.82 Å². The van der Waals surface area contributed by atoms with E-state index < -0.39 is 10.8 Å². The summed E-state index contributed by atoms with van der Waals surface area (Å²) in [5.74, 6) is 0.783. The van der Waals surface area contributed by atoms with Gasteiger partial charge in [0.05, 0.1) is 10.8 Å². The van der Waals surface area contributed by atoms with Crippen LogP contribution in [0.3, 0.4) is 0 Å². The lowest BCUT2D eigenvalue weighted by atomic mass is 10.5. The average molecular weight is 159 g/mol. The van der Waals surface area contributed by atoms with Gasteiger partial charge in [-0.05, 0) is 0 Å². The van der Waals surface area contributed by atoms with E-state index in [2.05, 4.69) is 15.2 Å². The van der Waals surface area contributed by atoms with Crippen molar-refractivity contribution in [3.63, 3.8) is 0 Å². The molecule has 1 rings (SSSR count). The van der Waals surface area contributed by atoms with Gasteiger partial charge in [-0.3, -0.25) is 9.31 Å². The highest BCUT2D eigenvalue weighted by Crippen LogP contribution is 1.96. The molecule has 1 heterocycles. The SMILES string of the molecule is CCc1nc(S(C)=O)n[nH]1. The molecule has 1 aromatic heterocycles. The smallest absolute Gasteiger partial charge is 0.238 e. The number of aromatic nitrogens is 3. The average Bonchev–Trinajstić information content (AvgIpc) is 2.34. The van der Waals surface area contributed by atoms with Crippen LogP contribution in [0.2, 0.25) is 0 Å². The number of aryl methyl sites for hydroxylation is 1. The highest BCUT2D eigenvalue weighted by Gasteiger charge is 2.03. The molecule has 1 atom stereocenters. The lowest BCUT2D eigenvalue weighted by molar-refractivity contribution is 0.680. The van der Waals surface area contributed by atoms with E-state index >= 15 is 0 Å². The highest BCUT2D eigenvalue weighted by atomic mass is 32.2. The first-order valence-corrected chi connectivity index (χ1v) is 4.54. The molecule has 0 saturated heterocycles. The number of hydrogen-bond acceptors (Lipinski definition) is 3. The Bertz CT molecular complexity index is 245. The summed E-state index contributed by atoms with van der Waals surface area (Å²) in [7, 11) is -1.06. The molecule has 0 aliphatic carbocycles. The summed E-state index contributed by atoms with van der Waals surface area (Å²) >= 11 is 0. The van der Waals surface area contributed by atoms with Crippen LogP contribution in [-0.2, 0) is 17.2 Å². The Morgan fingerprint density at radius 1 is 1.70 bits per heavy atom. The van der Waals surface area contributed by atoms with Crippen molar-refractivity contribution in [2.24, 2.45) is 0 Å². The molecule has 0 amide bonds. The summed E-state index contributed by atoms with van der Waals surface area (Å²) in [6.07, 6.45) is 2.35. The van der Waals surface area contributed by atoms with E-state index in [1.165, 1.54) is 0 Å². The van der Waals surface area contributed by atoms with Crippen LogP contribution < -0.4 is 0 Å². The Hall–Kier alpha value is -0.710. The predicted molar refractivity (Wildman–Crippen MR) is 38.1 cm³/mol. The molecule has 0 spiro atoms. The van der Waals surface area contributed by atoms with E-state index in [-0.39, 0.29) is 0 Å². The molecule has 5 heteroatoms. The third-order valence-electron chi connectivity index (χ3n) is 1.10. The van der Waals surface area contributed by atoms with E-state index in [4.69, 9.17) is 0 Å². The molecule has 10 heavy (non-hydrogen) atoms. The van der Waals surface area contributed by atoms with Gasteiger partial charge >= 0.3 is 0 Å². The lowest BCUT2D eigenvalue weighted by Gasteiger charge is -1.81. The van der Waals surface area contributed by atoms with Crippen LogP contribution in [0.4, 0.5) is 0 Å². The van der Waals surface area contributed by atoms with Gasteiger partial charge in [0.25, 0.3) is 0 Å². The molecule has 0 aliphatic heterocycles. The Labute approximate surface area is 61.5 Å². The number of H-pyrrole nitrogens is 1. The minimum atomic E-state index is -1.06. The van der Waals surface area contributed by atoms with E-state index in [1.54, 1.807) is 6.26 Å². The van der Waals surface area contributed by atoms with Gasteiger partial charge in [0, 0.05) is 12.7 Å². The zero-order valence-electron chi connectivity index (χ0n) is 5.92. The summed E-state index contributed by atoms with van der Waals surface area (Å²) in [6.45, 7) is 1.96. The second-order valence-corrected chi connectivity index (χ2v) is 3.15. The molecule has 0 aliphatic rings. The van der Waals surface area contributed by atoms with Crippen molar-refractivity contribution >= 4 is 10.8 Å². The van der Waals surface area contributed by atoms with Crippen molar-refractivity contribution in [2.45, 2.75) is 18.5 Å². The van der Waals surface area contributed by atoms with Crippen molar-refractivity contribution < 1.29 is 4.21 Å². The van der Waals surface area contributed by atoms with E-state index in [0.29, 0.717) is 5.16 Å². The van der Waals surface area contributed by atoms with Gasteiger partial charge in [-0.2, -0.15) is 0 Å². The molecule has 4 nitrogen and oxygen atoms in total. The maximum atomic E-state index is 10.7. The maximum Gasteiger partial charge on any atom is 0.238 e. The summed E-state index contributed by atoms with van der Waals surface area (Å²) < 4.78 is 10.7. The van der Waals surface area contributed by atoms with Crippen molar-refractivity contribution in [1.29, 1.82) is 0 Å². The molecule has 0 fully saturated rings. The standard InChI is InChI=1S/C5H9N3OS/c1-3-4-6-5(8-7-4)10(2)9/h3H2,1-2H3,(H,6,7,8). The topological polar surface area (TPSA) is 58.6 Å². The zero-order valence-corrected chi connectivity index (χ0v) is 6.73. The van der Waals surface area contributed by atoms with Gasteiger partial charge in [-0.1, -0.05) is 6.92 Å². The van der Waals surface area contributed by atoms with Gasteiger partial charge in [0.2, 0.25) is 5.16 Å². The Balaban J connectivity index is 2.88. The molecule has 1 aromatic rings. The molecule has 1 unspecified atom stereocenters. The Morgan fingerprint density at radius 2 is 2.40 bits per heavy atom. The van der Waals surface area contributed by atoms with Crippen LogP contribution in [0.5, 0.6) is 0 Å². The largest absolute Gasteiger partial charge is 0.262 e. The van der Waals surface area contributed by atoms with Gasteiger partial charge in [-0.25, -0.2) is 4.98 Å². The minimum absolute atomic E-state index is 0.386. The summed E-state index contributed by atoms with van der Waals surface area (Å²) in [5.41, 5.74) is 0. The summed E-state index contributed by atoms with van der Waals surface area (Å²) in [5, 5.41) is 6.82. The van der Waals surface area contributed by atoms with Crippen molar-refractivity contribution in [2.75, 3.05) is 6.26 Å². The van der Waals surface area contributed by atoms with Crippen LogP contribution >= 0.6 is 0 Å². The van der Waals surface area contributed by atoms with Crippen LogP contribution in [0, 0.1) is 0 Å². The zero-order chi connectivity index (χ0) is 7.56. The molecule has 0 radical (unpaired) electrons. The number of aromatic amines is 1. The molecular weight excluding hydrogens is 150 g/mol. The molecule has 1 N–H and O–H groups in total. The first-order chi connectivity index (χ1) is 4.74. The fourth-order valence-corrected chi connectivity index (χ4v) is 0.977. The Morgan fingerprint density at radius 3 is 2.70 bits per heavy atom. The van der Waals surface area contributed by atoms with Crippen molar-refractivity contribution in [3.8, 4) is 0 Å². The first-order valence-electron chi connectivity index (χ1n) is 2.98. The summed E-state index contributed by atoms with van der Waals surface area (Å²) in [6, 6.07) is 0. The van der Waals surface area contributed by atoms with E-state index in [0.717, 1.165) is 12.2 Å². The second kappa shape index (κ2) is 2.92. The third-order valence-corrected chi connectivity index (χ3v) is 1.80. The van der Waals surface area contributed by atoms with Gasteiger partial charge < -0.3 is 0 Å². The number of rotatable bonds is 2. The van der Waals surface area contributed by atoms with E-state index in [9.17, 15) is 4.21 Å². The van der Waals surface area contributed by atoms with Gasteiger partial charge in [-0.15, -0.1) is 5.10 Å². The molecule has 0 aromatic carbocycles. The number of hydrogen-bond donors (Lipinski definition) is 1. The fraction of sp³-hybridized carbons (Fsp3) is 0.600. The van der Waals surface area contributed by atoms with Gasteiger partial charge in [0.1, 0.15) is 5.82 Å². The van der Waals surface area contributed by atoms with Crippen molar-refractivity contribution in [1.82, 2.24) is 15.2 Å².